The van der Waals surface area contributed by atoms with Gasteiger partial charge in [0.2, 0.25) is 5.91 Å². The number of fused-ring (bicyclic) bond motifs is 1. The number of amides is 2. The lowest BCUT2D eigenvalue weighted by molar-refractivity contribution is -0.216. The third-order valence-corrected chi connectivity index (χ3v) is 5.60. The molecule has 1 aromatic carbocycles. The summed E-state index contributed by atoms with van der Waals surface area (Å²) < 4.78 is 74.6. The maximum absolute atomic E-state index is 13.7. The fraction of sp³-hybridized carbons (Fsp3) is 0.409. The first kappa shape index (κ1) is 21.4. The zero-order chi connectivity index (χ0) is 28.7. The van der Waals surface area contributed by atoms with E-state index in [0.29, 0.717) is 18.4 Å². The molecule has 11 nitrogen and oxygen atoms in total. The van der Waals surface area contributed by atoms with Crippen molar-refractivity contribution < 1.29 is 36.3 Å². The van der Waals surface area contributed by atoms with Gasteiger partial charge in [-0.2, -0.15) is 18.3 Å². The number of halogens is 3. The van der Waals surface area contributed by atoms with Gasteiger partial charge in [-0.1, -0.05) is 6.07 Å². The third-order valence-electron chi connectivity index (χ3n) is 5.60. The number of rotatable bonds is 8. The van der Waals surface area contributed by atoms with Crippen molar-refractivity contribution in [2.24, 2.45) is 13.0 Å². The third kappa shape index (κ3) is 4.76. The summed E-state index contributed by atoms with van der Waals surface area (Å²) in [6.45, 7) is -2.85. The van der Waals surface area contributed by atoms with Crippen LogP contribution in [0.1, 0.15) is 39.1 Å². The molecule has 2 heterocycles. The van der Waals surface area contributed by atoms with Crippen molar-refractivity contribution >= 4 is 40.0 Å². The summed E-state index contributed by atoms with van der Waals surface area (Å²) in [4.78, 5) is 24.9. The number of benzene rings is 1. The molecule has 0 aliphatic heterocycles. The van der Waals surface area contributed by atoms with Crippen molar-refractivity contribution in [2.75, 3.05) is 31.8 Å². The lowest BCUT2D eigenvalue weighted by atomic mass is 10.0. The lowest BCUT2D eigenvalue weighted by Gasteiger charge is -2.22. The van der Waals surface area contributed by atoms with Crippen LogP contribution >= 0.6 is 0 Å². The molecule has 1 atom stereocenters. The highest BCUT2D eigenvalue weighted by atomic mass is 19.4. The molecule has 0 radical (unpaired) electrons. The Morgan fingerprint density at radius 2 is 2.00 bits per heavy atom. The maximum atomic E-state index is 13.7. The first-order valence-corrected chi connectivity index (χ1v) is 10.6. The minimum atomic E-state index is -4.75. The number of ether oxygens (including phenoxy) is 2. The van der Waals surface area contributed by atoms with Crippen LogP contribution in [-0.4, -0.2) is 59.2 Å². The molecule has 4 rings (SSSR count). The van der Waals surface area contributed by atoms with Gasteiger partial charge in [0, 0.05) is 42.8 Å². The molecule has 0 spiro atoms. The van der Waals surface area contributed by atoms with Crippen molar-refractivity contribution in [1.82, 2.24) is 25.3 Å². The molecule has 1 aliphatic carbocycles. The van der Waals surface area contributed by atoms with Crippen LogP contribution in [0.5, 0.6) is 5.75 Å². The summed E-state index contributed by atoms with van der Waals surface area (Å²) in [6.07, 6.45) is -5.63. The van der Waals surface area contributed by atoms with Crippen molar-refractivity contribution in [3.63, 3.8) is 0 Å². The van der Waals surface area contributed by atoms with E-state index >= 15 is 0 Å². The van der Waals surface area contributed by atoms with E-state index in [0.717, 1.165) is 7.11 Å². The minimum absolute atomic E-state index is 0.0377. The summed E-state index contributed by atoms with van der Waals surface area (Å²) in [7, 11) is 3.64. The van der Waals surface area contributed by atoms with Crippen LogP contribution in [0, 0.1) is 5.92 Å². The van der Waals surface area contributed by atoms with E-state index in [-0.39, 0.29) is 45.8 Å². The van der Waals surface area contributed by atoms with E-state index in [4.69, 9.17) is 13.6 Å². The smallest absolute Gasteiger partial charge is 0.418 e. The first-order chi connectivity index (χ1) is 18.2. The predicted molar refractivity (Wildman–Crippen MR) is 123 cm³/mol. The first-order valence-electron chi connectivity index (χ1n) is 12.1. The monoisotopic (exact) mass is 510 g/mol. The molecule has 3 aromatic rings. The van der Waals surface area contributed by atoms with Crippen molar-refractivity contribution in [3.05, 3.63) is 29.5 Å². The molecule has 36 heavy (non-hydrogen) atoms. The molecule has 0 saturated heterocycles. The number of nitrogens with zero attached hydrogens (tertiary/aromatic N) is 4. The summed E-state index contributed by atoms with van der Waals surface area (Å²) in [6, 6.07) is 3.85. The van der Waals surface area contributed by atoms with E-state index in [1.165, 1.54) is 30.0 Å². The standard InChI is InChI=1S/C22H24F3N7O4/c1-26-21(34)16-12(9-14(29-30-16)28-20(33)10-5-6-10)27-19-15-13(32(2)31-19)8-7-11(17(15)35-3)18(36-4)22(23,24)25/h7-10,18H,5-6H2,1-4H3,(H,26,34)(H2,27,28,29,31,33)/i1D3. The number of alkyl halides is 3. The van der Waals surface area contributed by atoms with Gasteiger partial charge < -0.3 is 25.4 Å². The molecule has 192 valence electrons. The number of nitrogens with one attached hydrogen (secondary N) is 3. The van der Waals surface area contributed by atoms with Gasteiger partial charge in [-0.25, -0.2) is 0 Å². The Labute approximate surface area is 207 Å². The molecule has 2 amide bonds. The van der Waals surface area contributed by atoms with Crippen LogP contribution in [0.15, 0.2) is 18.2 Å². The summed E-state index contributed by atoms with van der Waals surface area (Å²) in [5.74, 6) is -1.86. The minimum Gasteiger partial charge on any atom is -0.496 e. The molecule has 1 fully saturated rings. The van der Waals surface area contributed by atoms with Gasteiger partial charge in [-0.3, -0.25) is 14.3 Å². The largest absolute Gasteiger partial charge is 0.496 e. The van der Waals surface area contributed by atoms with Crippen LogP contribution in [0.25, 0.3) is 10.9 Å². The normalized spacial score (nSPS) is 16.0. The highest BCUT2D eigenvalue weighted by Crippen LogP contribution is 2.44. The van der Waals surface area contributed by atoms with Gasteiger partial charge in [0.15, 0.2) is 23.4 Å². The van der Waals surface area contributed by atoms with Crippen LogP contribution in [0.2, 0.25) is 0 Å². The predicted octanol–water partition coefficient (Wildman–Crippen LogP) is 3.07. The van der Waals surface area contributed by atoms with E-state index in [9.17, 15) is 22.8 Å². The van der Waals surface area contributed by atoms with Gasteiger partial charge in [0.05, 0.1) is 23.7 Å². The quantitative estimate of drug-likeness (QED) is 0.421. The number of carbonyl (C=O) groups is 2. The van der Waals surface area contributed by atoms with Crippen LogP contribution in [0.4, 0.5) is 30.5 Å². The Hall–Kier alpha value is -3.94. The van der Waals surface area contributed by atoms with E-state index in [1.807, 2.05) is 0 Å². The van der Waals surface area contributed by atoms with Crippen LogP contribution < -0.4 is 20.7 Å². The number of methoxy groups -OCH3 is 2. The topological polar surface area (TPSA) is 132 Å². The summed E-state index contributed by atoms with van der Waals surface area (Å²) >= 11 is 0. The Balaban J connectivity index is 1.84. The van der Waals surface area contributed by atoms with Crippen molar-refractivity contribution in [3.8, 4) is 5.75 Å². The fourth-order valence-electron chi connectivity index (χ4n) is 3.77. The van der Waals surface area contributed by atoms with E-state index in [1.54, 1.807) is 12.4 Å². The zero-order valence-corrected chi connectivity index (χ0v) is 19.4. The van der Waals surface area contributed by atoms with Crippen LogP contribution in [-0.2, 0) is 16.6 Å². The molecule has 2 aromatic heterocycles. The highest BCUT2D eigenvalue weighted by molar-refractivity contribution is 6.02. The van der Waals surface area contributed by atoms with E-state index < -0.39 is 30.9 Å². The average Bonchev–Trinajstić information content (AvgIpc) is 3.63. The summed E-state index contributed by atoms with van der Waals surface area (Å²) in [5, 5.41) is 19.2. The number of hydrogen-bond donors (Lipinski definition) is 3. The Kier molecular flexibility index (Phi) is 5.70. The molecular formula is C22H24F3N7O4. The number of aryl methyl sites for hydroxylation is 1. The molecule has 14 heteroatoms. The molecule has 1 saturated carbocycles. The molecule has 3 N–H and O–H groups in total. The number of hydrogen-bond acceptors (Lipinski definition) is 8. The molecular weight excluding hydrogens is 483 g/mol. The SMILES string of the molecule is [2H]C([2H])([2H])NC(=O)c1nnc(NC(=O)C2CC2)cc1Nc1nn(C)c2ccc(C(OC)C(F)(F)F)c(OC)c12. The Morgan fingerprint density at radius 3 is 2.61 bits per heavy atom. The van der Waals surface area contributed by atoms with Gasteiger partial charge in [0.25, 0.3) is 5.91 Å². The van der Waals surface area contributed by atoms with E-state index in [2.05, 4.69) is 25.9 Å². The number of carbonyl (C=O) groups excluding carboxylic acids is 2. The average molecular weight is 510 g/mol. The van der Waals surface area contributed by atoms with Crippen molar-refractivity contribution in [1.29, 1.82) is 0 Å². The molecule has 0 bridgehead atoms. The lowest BCUT2D eigenvalue weighted by Crippen LogP contribution is -2.23. The summed E-state index contributed by atoms with van der Waals surface area (Å²) in [5.41, 5.74) is -0.534. The van der Waals surface area contributed by atoms with Gasteiger partial charge in [-0.05, 0) is 18.9 Å². The van der Waals surface area contributed by atoms with Gasteiger partial charge >= 0.3 is 6.18 Å². The zero-order valence-electron chi connectivity index (χ0n) is 22.4. The molecule has 1 aliphatic rings. The highest BCUT2D eigenvalue weighted by Gasteiger charge is 2.43. The maximum Gasteiger partial charge on any atom is 0.418 e. The Morgan fingerprint density at radius 1 is 1.25 bits per heavy atom. The van der Waals surface area contributed by atoms with Crippen molar-refractivity contribution in [2.45, 2.75) is 25.1 Å². The Bertz CT molecular complexity index is 1420. The second-order valence-corrected chi connectivity index (χ2v) is 8.05. The van der Waals surface area contributed by atoms with Crippen LogP contribution in [0.3, 0.4) is 0 Å². The number of anilines is 3. The molecule has 1 unspecified atom stereocenters. The number of aromatic nitrogens is 4. The second-order valence-electron chi connectivity index (χ2n) is 8.05. The second kappa shape index (κ2) is 9.60. The van der Waals surface area contributed by atoms with Gasteiger partial charge in [0.1, 0.15) is 5.75 Å². The fourth-order valence-corrected chi connectivity index (χ4v) is 3.77. The van der Waals surface area contributed by atoms with Gasteiger partial charge in [-0.15, -0.1) is 10.2 Å².